The summed E-state index contributed by atoms with van der Waals surface area (Å²) in [6.45, 7) is 0.0582. The first-order valence-electron chi connectivity index (χ1n) is 11.0. The van der Waals surface area contributed by atoms with Gasteiger partial charge < -0.3 is 24.3 Å². The van der Waals surface area contributed by atoms with E-state index in [4.69, 9.17) is 18.9 Å². The molecule has 8 heteroatoms. The molecular weight excluding hydrogens is 462 g/mol. The van der Waals surface area contributed by atoms with Gasteiger partial charge in [-0.1, -0.05) is 30.3 Å². The number of hydrogen-bond donors (Lipinski definition) is 1. The van der Waals surface area contributed by atoms with Gasteiger partial charge in [-0.3, -0.25) is 4.79 Å². The lowest BCUT2D eigenvalue weighted by molar-refractivity contribution is 0.0398. The number of nitrogens with one attached hydrogen (secondary N) is 1. The molecule has 1 aliphatic rings. The summed E-state index contributed by atoms with van der Waals surface area (Å²) in [7, 11) is 0. The van der Waals surface area contributed by atoms with Gasteiger partial charge >= 0.3 is 11.9 Å². The summed E-state index contributed by atoms with van der Waals surface area (Å²) in [6.07, 6.45) is 0. The molecule has 1 amide bonds. The molecule has 0 aliphatic carbocycles. The molecule has 0 spiro atoms. The van der Waals surface area contributed by atoms with Crippen LogP contribution in [0.5, 0.6) is 23.0 Å². The third-order valence-electron chi connectivity index (χ3n) is 5.28. The Labute approximate surface area is 206 Å². The van der Waals surface area contributed by atoms with E-state index in [2.05, 4.69) is 5.32 Å². The molecule has 1 heterocycles. The lowest BCUT2D eigenvalue weighted by atomic mass is 10.1. The molecule has 0 unspecified atom stereocenters. The van der Waals surface area contributed by atoms with E-state index in [1.807, 2.05) is 30.3 Å². The standard InChI is InChI=1S/C28H19NO7/c30-26(18-10-13-21(14-11-18)35-20-6-2-1-3-7-20)29-23-9-5-4-8-22(23)28(32)36-27(31)19-12-15-24-25(16-19)34-17-33-24/h1-16H,17H2,(H,29,30). The minimum atomic E-state index is -0.903. The highest BCUT2D eigenvalue weighted by Gasteiger charge is 2.22. The van der Waals surface area contributed by atoms with E-state index in [-0.39, 0.29) is 23.6 Å². The Morgan fingerprint density at radius 1 is 0.667 bits per heavy atom. The average molecular weight is 481 g/mol. The molecule has 4 aromatic carbocycles. The fourth-order valence-corrected chi connectivity index (χ4v) is 3.49. The van der Waals surface area contributed by atoms with Gasteiger partial charge in [-0.25, -0.2) is 9.59 Å². The summed E-state index contributed by atoms with van der Waals surface area (Å²) < 4.78 is 21.2. The number of para-hydroxylation sites is 2. The van der Waals surface area contributed by atoms with Gasteiger partial charge in [-0.2, -0.15) is 0 Å². The normalized spacial score (nSPS) is 11.4. The summed E-state index contributed by atoms with van der Waals surface area (Å²) in [5.74, 6) is -0.0474. The zero-order valence-electron chi connectivity index (χ0n) is 18.8. The van der Waals surface area contributed by atoms with Crippen molar-refractivity contribution in [2.45, 2.75) is 0 Å². The van der Waals surface area contributed by atoms with Crippen LogP contribution in [0.15, 0.2) is 97.1 Å². The maximum Gasteiger partial charge on any atom is 0.348 e. The molecule has 0 radical (unpaired) electrons. The second kappa shape index (κ2) is 10.0. The smallest absolute Gasteiger partial charge is 0.348 e. The van der Waals surface area contributed by atoms with E-state index in [1.165, 1.54) is 18.2 Å². The highest BCUT2D eigenvalue weighted by Crippen LogP contribution is 2.33. The minimum absolute atomic E-state index is 0.0315. The molecule has 1 aliphatic heterocycles. The summed E-state index contributed by atoms with van der Waals surface area (Å²) in [4.78, 5) is 38.1. The van der Waals surface area contributed by atoms with Crippen molar-refractivity contribution in [1.29, 1.82) is 0 Å². The largest absolute Gasteiger partial charge is 0.457 e. The Morgan fingerprint density at radius 2 is 1.33 bits per heavy atom. The molecular formula is C28H19NO7. The molecule has 8 nitrogen and oxygen atoms in total. The summed E-state index contributed by atoms with van der Waals surface area (Å²) in [5.41, 5.74) is 0.724. The molecule has 0 aromatic heterocycles. The number of hydrogen-bond acceptors (Lipinski definition) is 7. The van der Waals surface area contributed by atoms with Crippen molar-refractivity contribution in [2.24, 2.45) is 0 Å². The van der Waals surface area contributed by atoms with Gasteiger partial charge in [0.2, 0.25) is 6.79 Å². The summed E-state index contributed by atoms with van der Waals surface area (Å²) in [6, 6.07) is 26.6. The van der Waals surface area contributed by atoms with E-state index >= 15 is 0 Å². The Hall–Kier alpha value is -5.11. The molecule has 0 bridgehead atoms. The first-order valence-corrected chi connectivity index (χ1v) is 11.0. The molecule has 5 rings (SSSR count). The molecule has 0 saturated carbocycles. The zero-order valence-corrected chi connectivity index (χ0v) is 18.8. The van der Waals surface area contributed by atoms with E-state index < -0.39 is 17.8 Å². The van der Waals surface area contributed by atoms with Crippen LogP contribution in [-0.2, 0) is 4.74 Å². The van der Waals surface area contributed by atoms with Crippen molar-refractivity contribution in [3.05, 3.63) is 114 Å². The van der Waals surface area contributed by atoms with Gasteiger partial charge in [-0.05, 0) is 66.7 Å². The van der Waals surface area contributed by atoms with Gasteiger partial charge in [0.1, 0.15) is 11.5 Å². The third-order valence-corrected chi connectivity index (χ3v) is 5.28. The zero-order chi connectivity index (χ0) is 24.9. The number of carbonyl (C=O) groups excluding carboxylic acids is 3. The maximum absolute atomic E-state index is 12.8. The number of fused-ring (bicyclic) bond motifs is 1. The van der Waals surface area contributed by atoms with Crippen LogP contribution in [0.25, 0.3) is 0 Å². The summed E-state index contributed by atoms with van der Waals surface area (Å²) in [5, 5.41) is 2.70. The van der Waals surface area contributed by atoms with Gasteiger partial charge in [0.15, 0.2) is 11.5 Å². The van der Waals surface area contributed by atoms with Crippen LogP contribution >= 0.6 is 0 Å². The molecule has 178 valence electrons. The Bertz CT molecular complexity index is 1430. The van der Waals surface area contributed by atoms with Gasteiger partial charge in [-0.15, -0.1) is 0 Å². The van der Waals surface area contributed by atoms with Crippen LogP contribution in [0.4, 0.5) is 5.69 Å². The van der Waals surface area contributed by atoms with Gasteiger partial charge in [0, 0.05) is 5.56 Å². The maximum atomic E-state index is 12.8. The molecule has 0 atom stereocenters. The van der Waals surface area contributed by atoms with Crippen LogP contribution in [0, 0.1) is 0 Å². The van der Waals surface area contributed by atoms with E-state index in [0.717, 1.165) is 0 Å². The van der Waals surface area contributed by atoms with Crippen molar-refractivity contribution in [3.8, 4) is 23.0 Å². The predicted molar refractivity (Wildman–Crippen MR) is 130 cm³/mol. The lowest BCUT2D eigenvalue weighted by Gasteiger charge is -2.11. The van der Waals surface area contributed by atoms with Crippen molar-refractivity contribution in [3.63, 3.8) is 0 Å². The average Bonchev–Trinajstić information content (AvgIpc) is 3.38. The Kier molecular flexibility index (Phi) is 6.31. The number of ether oxygens (including phenoxy) is 4. The van der Waals surface area contributed by atoms with Crippen LogP contribution in [0.3, 0.4) is 0 Å². The number of amides is 1. The van der Waals surface area contributed by atoms with E-state index in [0.29, 0.717) is 28.6 Å². The lowest BCUT2D eigenvalue weighted by Crippen LogP contribution is -2.18. The van der Waals surface area contributed by atoms with Crippen molar-refractivity contribution >= 4 is 23.5 Å². The van der Waals surface area contributed by atoms with Crippen LogP contribution in [-0.4, -0.2) is 24.6 Å². The van der Waals surface area contributed by atoms with Crippen molar-refractivity contribution in [1.82, 2.24) is 0 Å². The van der Waals surface area contributed by atoms with Crippen LogP contribution in [0.2, 0.25) is 0 Å². The fourth-order valence-electron chi connectivity index (χ4n) is 3.49. The second-order valence-corrected chi connectivity index (χ2v) is 7.68. The number of benzene rings is 4. The van der Waals surface area contributed by atoms with E-state index in [9.17, 15) is 14.4 Å². The van der Waals surface area contributed by atoms with Crippen LogP contribution in [0.1, 0.15) is 31.1 Å². The molecule has 0 fully saturated rings. The molecule has 0 saturated heterocycles. The second-order valence-electron chi connectivity index (χ2n) is 7.68. The van der Waals surface area contributed by atoms with E-state index in [1.54, 1.807) is 48.5 Å². The number of carbonyl (C=O) groups is 3. The number of anilines is 1. The van der Waals surface area contributed by atoms with Crippen molar-refractivity contribution in [2.75, 3.05) is 12.1 Å². The van der Waals surface area contributed by atoms with Crippen molar-refractivity contribution < 1.29 is 33.3 Å². The predicted octanol–water partition coefficient (Wildman–Crippen LogP) is 5.46. The first-order chi connectivity index (χ1) is 17.6. The highest BCUT2D eigenvalue weighted by molar-refractivity contribution is 6.10. The monoisotopic (exact) mass is 481 g/mol. The fraction of sp³-hybridized carbons (Fsp3) is 0.0357. The quantitative estimate of drug-likeness (QED) is 0.288. The first kappa shape index (κ1) is 22.7. The molecule has 36 heavy (non-hydrogen) atoms. The number of rotatable bonds is 6. The highest BCUT2D eigenvalue weighted by atomic mass is 16.7. The van der Waals surface area contributed by atoms with Gasteiger partial charge in [0.05, 0.1) is 16.8 Å². The van der Waals surface area contributed by atoms with Crippen LogP contribution < -0.4 is 19.5 Å². The molecule has 1 N–H and O–H groups in total. The SMILES string of the molecule is O=C(Nc1ccccc1C(=O)OC(=O)c1ccc2c(c1)OCO2)c1ccc(Oc2ccccc2)cc1. The minimum Gasteiger partial charge on any atom is -0.457 e. The molecule has 4 aromatic rings. The Morgan fingerprint density at radius 3 is 2.14 bits per heavy atom. The number of esters is 2. The third kappa shape index (κ3) is 5.02. The summed E-state index contributed by atoms with van der Waals surface area (Å²) >= 11 is 0. The Balaban J connectivity index is 1.26. The topological polar surface area (TPSA) is 100 Å². The van der Waals surface area contributed by atoms with Gasteiger partial charge in [0.25, 0.3) is 5.91 Å².